The van der Waals surface area contributed by atoms with Crippen molar-refractivity contribution in [2.24, 2.45) is 0 Å². The average molecular weight is 468 g/mol. The van der Waals surface area contributed by atoms with Gasteiger partial charge in [0.15, 0.2) is 0 Å². The van der Waals surface area contributed by atoms with E-state index in [0.29, 0.717) is 23.4 Å². The molecular formula is C25H29N3O6. The summed E-state index contributed by atoms with van der Waals surface area (Å²) in [4.78, 5) is 42.3. The molecule has 1 atom stereocenters. The predicted molar refractivity (Wildman–Crippen MR) is 127 cm³/mol. The number of rotatable bonds is 7. The van der Waals surface area contributed by atoms with Crippen LogP contribution in [0.1, 0.15) is 31.9 Å². The highest BCUT2D eigenvalue weighted by Crippen LogP contribution is 2.17. The number of hydrogen-bond acceptors (Lipinski definition) is 7. The molecule has 180 valence electrons. The number of nitrogens with zero attached hydrogens (tertiary/aromatic N) is 2. The SMILES string of the molecule is COC(=O)[C@@H](Cc1cc2cnccc2n(Cc2ccc(OC)cc2)c1=O)NC(=O)OC(C)(C)C. The summed E-state index contributed by atoms with van der Waals surface area (Å²) < 4.78 is 16.9. The third kappa shape index (κ3) is 6.12. The summed E-state index contributed by atoms with van der Waals surface area (Å²) in [6.07, 6.45) is 2.42. The predicted octanol–water partition coefficient (Wildman–Crippen LogP) is 3.06. The second-order valence-corrected chi connectivity index (χ2v) is 8.77. The van der Waals surface area contributed by atoms with Crippen molar-refractivity contribution in [2.45, 2.75) is 45.4 Å². The highest BCUT2D eigenvalue weighted by atomic mass is 16.6. The number of fused-ring (bicyclic) bond motifs is 1. The molecule has 1 amide bonds. The maximum absolute atomic E-state index is 13.5. The molecule has 34 heavy (non-hydrogen) atoms. The number of ether oxygens (including phenoxy) is 3. The summed E-state index contributed by atoms with van der Waals surface area (Å²) in [5.74, 6) is 0.0336. The highest BCUT2D eigenvalue weighted by molar-refractivity contribution is 5.82. The molecule has 9 nitrogen and oxygen atoms in total. The molecule has 3 rings (SSSR count). The zero-order chi connectivity index (χ0) is 24.9. The first-order chi connectivity index (χ1) is 16.1. The molecule has 0 saturated heterocycles. The molecule has 0 aliphatic heterocycles. The molecule has 0 aliphatic rings. The normalized spacial score (nSPS) is 12.1. The van der Waals surface area contributed by atoms with E-state index in [9.17, 15) is 14.4 Å². The monoisotopic (exact) mass is 467 g/mol. The molecule has 1 aromatic carbocycles. The molecule has 0 aliphatic carbocycles. The Labute approximate surface area is 197 Å². The van der Waals surface area contributed by atoms with E-state index in [1.165, 1.54) is 7.11 Å². The third-order valence-corrected chi connectivity index (χ3v) is 5.07. The Hall–Kier alpha value is -3.88. The zero-order valence-corrected chi connectivity index (χ0v) is 20.0. The lowest BCUT2D eigenvalue weighted by atomic mass is 10.0. The summed E-state index contributed by atoms with van der Waals surface area (Å²) in [6, 6.07) is 9.76. The van der Waals surface area contributed by atoms with E-state index >= 15 is 0 Å². The number of alkyl carbamates (subject to hydrolysis) is 1. The molecule has 2 aromatic heterocycles. The van der Waals surface area contributed by atoms with E-state index in [-0.39, 0.29) is 12.0 Å². The van der Waals surface area contributed by atoms with Gasteiger partial charge in [-0.3, -0.25) is 9.78 Å². The molecule has 0 fully saturated rings. The fourth-order valence-corrected chi connectivity index (χ4v) is 3.51. The van der Waals surface area contributed by atoms with Crippen molar-refractivity contribution in [2.75, 3.05) is 14.2 Å². The van der Waals surface area contributed by atoms with Crippen LogP contribution < -0.4 is 15.6 Å². The van der Waals surface area contributed by atoms with Crippen LogP contribution in [0.4, 0.5) is 4.79 Å². The molecule has 1 N–H and O–H groups in total. The number of benzene rings is 1. The Morgan fingerprint density at radius 3 is 2.44 bits per heavy atom. The topological polar surface area (TPSA) is 109 Å². The van der Waals surface area contributed by atoms with Crippen molar-refractivity contribution in [1.82, 2.24) is 14.9 Å². The first-order valence-electron chi connectivity index (χ1n) is 10.8. The minimum Gasteiger partial charge on any atom is -0.497 e. The first kappa shape index (κ1) is 24.8. The van der Waals surface area contributed by atoms with Gasteiger partial charge >= 0.3 is 12.1 Å². The van der Waals surface area contributed by atoms with Crippen molar-refractivity contribution in [3.8, 4) is 5.75 Å². The molecule has 0 spiro atoms. The number of methoxy groups -OCH3 is 2. The Morgan fingerprint density at radius 2 is 1.82 bits per heavy atom. The van der Waals surface area contributed by atoms with E-state index < -0.39 is 23.7 Å². The van der Waals surface area contributed by atoms with Crippen LogP contribution in [0.25, 0.3) is 10.9 Å². The zero-order valence-electron chi connectivity index (χ0n) is 20.0. The van der Waals surface area contributed by atoms with E-state index in [2.05, 4.69) is 10.3 Å². The average Bonchev–Trinajstić information content (AvgIpc) is 2.79. The summed E-state index contributed by atoms with van der Waals surface area (Å²) in [6.45, 7) is 5.45. The fourth-order valence-electron chi connectivity index (χ4n) is 3.51. The summed E-state index contributed by atoms with van der Waals surface area (Å²) in [7, 11) is 2.81. The Bertz CT molecular complexity index is 1230. The maximum Gasteiger partial charge on any atom is 0.408 e. The van der Waals surface area contributed by atoms with Crippen molar-refractivity contribution in [3.05, 3.63) is 70.3 Å². The standard InChI is InChI=1S/C25H29N3O6/c1-25(2,3)34-24(31)27-20(23(30)33-5)13-17-12-18-14-26-11-10-21(18)28(22(17)29)15-16-6-8-19(32-4)9-7-16/h6-12,14,20H,13,15H2,1-5H3,(H,27,31)/t20-/m1/s1. The second kappa shape index (κ2) is 10.4. The number of carbonyl (C=O) groups excluding carboxylic acids is 2. The Morgan fingerprint density at radius 1 is 1.12 bits per heavy atom. The highest BCUT2D eigenvalue weighted by Gasteiger charge is 2.27. The molecule has 0 bridgehead atoms. The van der Waals surface area contributed by atoms with Gasteiger partial charge in [0.1, 0.15) is 17.4 Å². The largest absolute Gasteiger partial charge is 0.497 e. The number of hydrogen-bond donors (Lipinski definition) is 1. The molecule has 0 unspecified atom stereocenters. The number of nitrogens with one attached hydrogen (secondary N) is 1. The number of amides is 1. The summed E-state index contributed by atoms with van der Waals surface area (Å²) in [5, 5.41) is 3.24. The lowest BCUT2D eigenvalue weighted by molar-refractivity contribution is -0.143. The van der Waals surface area contributed by atoms with Crippen LogP contribution in [-0.4, -0.2) is 47.5 Å². The van der Waals surface area contributed by atoms with Gasteiger partial charge in [0.05, 0.1) is 26.3 Å². The van der Waals surface area contributed by atoms with Crippen molar-refractivity contribution in [1.29, 1.82) is 0 Å². The van der Waals surface area contributed by atoms with Crippen LogP contribution in [0.5, 0.6) is 5.75 Å². The fraction of sp³-hybridized carbons (Fsp3) is 0.360. The first-order valence-corrected chi connectivity index (χ1v) is 10.8. The van der Waals surface area contributed by atoms with Gasteiger partial charge in [-0.1, -0.05) is 12.1 Å². The molecule has 0 saturated carbocycles. The van der Waals surface area contributed by atoms with Gasteiger partial charge in [-0.25, -0.2) is 9.59 Å². The smallest absolute Gasteiger partial charge is 0.408 e. The van der Waals surface area contributed by atoms with Gasteiger partial charge in [-0.2, -0.15) is 0 Å². The van der Waals surface area contributed by atoms with Crippen molar-refractivity contribution < 1.29 is 23.8 Å². The maximum atomic E-state index is 13.5. The number of pyridine rings is 2. The minimum atomic E-state index is -1.10. The van der Waals surface area contributed by atoms with Gasteiger partial charge < -0.3 is 24.1 Å². The lowest BCUT2D eigenvalue weighted by Gasteiger charge is -2.23. The van der Waals surface area contributed by atoms with Gasteiger partial charge in [-0.15, -0.1) is 0 Å². The Kier molecular flexibility index (Phi) is 7.55. The number of aromatic nitrogens is 2. The molecule has 2 heterocycles. The third-order valence-electron chi connectivity index (χ3n) is 5.07. The molecule has 9 heteroatoms. The Balaban J connectivity index is 1.98. The van der Waals surface area contributed by atoms with E-state index in [4.69, 9.17) is 14.2 Å². The van der Waals surface area contributed by atoms with Gasteiger partial charge in [-0.05, 0) is 50.6 Å². The second-order valence-electron chi connectivity index (χ2n) is 8.77. The van der Waals surface area contributed by atoms with Crippen molar-refractivity contribution in [3.63, 3.8) is 0 Å². The van der Waals surface area contributed by atoms with Gasteiger partial charge in [0, 0.05) is 29.8 Å². The summed E-state index contributed by atoms with van der Waals surface area (Å²) >= 11 is 0. The number of esters is 1. The lowest BCUT2D eigenvalue weighted by Crippen LogP contribution is -2.46. The van der Waals surface area contributed by atoms with Crippen LogP contribution in [0, 0.1) is 0 Å². The van der Waals surface area contributed by atoms with Crippen molar-refractivity contribution >= 4 is 23.0 Å². The number of carbonyl (C=O) groups is 2. The van der Waals surface area contributed by atoms with Crippen LogP contribution in [0.2, 0.25) is 0 Å². The van der Waals surface area contributed by atoms with Crippen LogP contribution >= 0.6 is 0 Å². The van der Waals surface area contributed by atoms with Crippen LogP contribution in [-0.2, 0) is 27.2 Å². The van der Waals surface area contributed by atoms with Crippen LogP contribution in [0.3, 0.4) is 0 Å². The minimum absolute atomic E-state index is 0.0712. The van der Waals surface area contributed by atoms with E-state index in [1.807, 2.05) is 24.3 Å². The quantitative estimate of drug-likeness (QED) is 0.532. The summed E-state index contributed by atoms with van der Waals surface area (Å²) in [5.41, 5.74) is 0.906. The van der Waals surface area contributed by atoms with Crippen LogP contribution in [0.15, 0.2) is 53.6 Å². The van der Waals surface area contributed by atoms with E-state index in [0.717, 1.165) is 10.9 Å². The molecule has 3 aromatic rings. The van der Waals surface area contributed by atoms with Gasteiger partial charge in [0.2, 0.25) is 0 Å². The molecular weight excluding hydrogens is 438 g/mol. The van der Waals surface area contributed by atoms with E-state index in [1.54, 1.807) is 57.0 Å². The van der Waals surface area contributed by atoms with Gasteiger partial charge in [0.25, 0.3) is 5.56 Å². The molecule has 0 radical (unpaired) electrons.